The van der Waals surface area contributed by atoms with Crippen molar-refractivity contribution in [3.8, 4) is 0 Å². The van der Waals surface area contributed by atoms with Gasteiger partial charge in [-0.25, -0.2) is 8.78 Å². The van der Waals surface area contributed by atoms with Gasteiger partial charge in [0, 0.05) is 6.20 Å². The summed E-state index contributed by atoms with van der Waals surface area (Å²) in [7, 11) is 0. The van der Waals surface area contributed by atoms with Gasteiger partial charge in [0.25, 0.3) is 11.7 Å². The number of halogens is 2. The number of aromatic nitrogens is 1. The van der Waals surface area contributed by atoms with Gasteiger partial charge in [-0.15, -0.1) is 0 Å². The number of amides is 1. The van der Waals surface area contributed by atoms with E-state index in [2.05, 4.69) is 4.98 Å². The van der Waals surface area contributed by atoms with Crippen molar-refractivity contribution < 1.29 is 18.4 Å². The highest BCUT2D eigenvalue weighted by molar-refractivity contribution is 6.52. The summed E-state index contributed by atoms with van der Waals surface area (Å²) in [6, 6.07) is 5.25. The van der Waals surface area contributed by atoms with Crippen molar-refractivity contribution in [2.45, 2.75) is 13.5 Å². The van der Waals surface area contributed by atoms with Crippen LogP contribution in [0.5, 0.6) is 0 Å². The van der Waals surface area contributed by atoms with Crippen molar-refractivity contribution >= 4 is 17.4 Å². The molecule has 0 aliphatic carbocycles. The lowest BCUT2D eigenvalue weighted by molar-refractivity contribution is -0.114. The monoisotopic (exact) mass is 288 g/mol. The van der Waals surface area contributed by atoms with Gasteiger partial charge in [0.05, 0.1) is 23.5 Å². The van der Waals surface area contributed by atoms with E-state index in [1.807, 2.05) is 0 Å². The number of hydrogen-bond donors (Lipinski definition) is 0. The minimum atomic E-state index is -1.03. The Hall–Kier alpha value is -2.63. The number of Topliss-reactive ketones (excluding diaryl/α,β-unsaturated/α-hetero) is 1. The Balaban J connectivity index is 2.10. The summed E-state index contributed by atoms with van der Waals surface area (Å²) < 4.78 is 27.6. The minimum absolute atomic E-state index is 0.0788. The fourth-order valence-corrected chi connectivity index (χ4v) is 2.34. The van der Waals surface area contributed by atoms with Crippen molar-refractivity contribution in [3.05, 3.63) is 58.9 Å². The molecule has 6 heteroatoms. The summed E-state index contributed by atoms with van der Waals surface area (Å²) in [4.78, 5) is 28.9. The van der Waals surface area contributed by atoms with Gasteiger partial charge in [0.1, 0.15) is 11.6 Å². The van der Waals surface area contributed by atoms with Gasteiger partial charge in [-0.2, -0.15) is 0 Å². The van der Waals surface area contributed by atoms with E-state index in [0.29, 0.717) is 5.69 Å². The van der Waals surface area contributed by atoms with Crippen LogP contribution in [0.15, 0.2) is 30.5 Å². The molecule has 21 heavy (non-hydrogen) atoms. The van der Waals surface area contributed by atoms with E-state index < -0.39 is 28.9 Å². The van der Waals surface area contributed by atoms with E-state index in [1.54, 1.807) is 19.1 Å². The number of anilines is 1. The number of hydrogen-bond acceptors (Lipinski definition) is 3. The molecule has 1 aliphatic heterocycles. The summed E-state index contributed by atoms with van der Waals surface area (Å²) in [5.41, 5.74) is 0.502. The largest absolute Gasteiger partial charge is 0.300 e. The number of rotatable bonds is 2. The van der Waals surface area contributed by atoms with Gasteiger partial charge in [-0.1, -0.05) is 6.07 Å². The highest BCUT2D eigenvalue weighted by Crippen LogP contribution is 2.34. The lowest BCUT2D eigenvalue weighted by Crippen LogP contribution is -2.30. The standard InChI is InChI=1S/C15H10F2N2O2/c1-8-3-2-6-18-11(8)7-19-13-10(17)5-4-9(16)12(13)14(20)15(19)21/h2-6H,7H2,1H3. The van der Waals surface area contributed by atoms with Crippen LogP contribution >= 0.6 is 0 Å². The van der Waals surface area contributed by atoms with Crippen LogP contribution in [-0.4, -0.2) is 16.7 Å². The Labute approximate surface area is 119 Å². The summed E-state index contributed by atoms with van der Waals surface area (Å²) in [6.45, 7) is 1.71. The van der Waals surface area contributed by atoms with Crippen LogP contribution in [0.3, 0.4) is 0 Å². The first kappa shape index (κ1) is 13.4. The number of carbonyl (C=O) groups excluding carboxylic acids is 2. The van der Waals surface area contributed by atoms with Crippen LogP contribution in [0, 0.1) is 18.6 Å². The number of pyridine rings is 1. The highest BCUT2D eigenvalue weighted by Gasteiger charge is 2.40. The van der Waals surface area contributed by atoms with Crippen molar-refractivity contribution in [2.24, 2.45) is 0 Å². The molecule has 0 radical (unpaired) electrons. The fraction of sp³-hybridized carbons (Fsp3) is 0.133. The molecule has 2 heterocycles. The Morgan fingerprint density at radius 2 is 1.86 bits per heavy atom. The molecule has 0 saturated carbocycles. The van der Waals surface area contributed by atoms with Gasteiger partial charge in [-0.05, 0) is 30.7 Å². The maximum atomic E-state index is 13.9. The van der Waals surface area contributed by atoms with E-state index >= 15 is 0 Å². The van der Waals surface area contributed by atoms with Crippen LogP contribution in [0.1, 0.15) is 21.6 Å². The number of benzene rings is 1. The minimum Gasteiger partial charge on any atom is -0.296 e. The first-order chi connectivity index (χ1) is 10.0. The fourth-order valence-electron chi connectivity index (χ4n) is 2.34. The van der Waals surface area contributed by atoms with Crippen molar-refractivity contribution in [2.75, 3.05) is 4.90 Å². The molecule has 106 valence electrons. The predicted octanol–water partition coefficient (Wildman–Crippen LogP) is 2.40. The van der Waals surface area contributed by atoms with E-state index in [4.69, 9.17) is 0 Å². The molecule has 0 unspecified atom stereocenters. The van der Waals surface area contributed by atoms with Crippen LogP contribution < -0.4 is 4.90 Å². The van der Waals surface area contributed by atoms with Crippen LogP contribution in [0.4, 0.5) is 14.5 Å². The SMILES string of the molecule is Cc1cccnc1CN1C(=O)C(=O)c2c(F)ccc(F)c21. The molecule has 0 saturated heterocycles. The topological polar surface area (TPSA) is 50.3 Å². The second-order valence-corrected chi connectivity index (χ2v) is 4.74. The average molecular weight is 288 g/mol. The molecule has 0 spiro atoms. The summed E-state index contributed by atoms with van der Waals surface area (Å²) in [5.74, 6) is -3.68. The number of nitrogens with zero attached hydrogens (tertiary/aromatic N) is 2. The number of ketones is 1. The van der Waals surface area contributed by atoms with E-state index in [9.17, 15) is 18.4 Å². The summed E-state index contributed by atoms with van der Waals surface area (Å²) >= 11 is 0. The van der Waals surface area contributed by atoms with Gasteiger partial charge in [-0.3, -0.25) is 19.5 Å². The number of carbonyl (C=O) groups is 2. The molecule has 3 rings (SSSR count). The van der Waals surface area contributed by atoms with Gasteiger partial charge >= 0.3 is 0 Å². The lowest BCUT2D eigenvalue weighted by atomic mass is 10.1. The van der Waals surface area contributed by atoms with E-state index in [1.165, 1.54) is 6.20 Å². The third kappa shape index (κ3) is 1.99. The maximum absolute atomic E-state index is 13.9. The van der Waals surface area contributed by atoms with E-state index in [0.717, 1.165) is 22.6 Å². The van der Waals surface area contributed by atoms with Crippen molar-refractivity contribution in [1.29, 1.82) is 0 Å². The molecule has 1 amide bonds. The Bertz CT molecular complexity index is 774. The van der Waals surface area contributed by atoms with Crippen molar-refractivity contribution in [1.82, 2.24) is 4.98 Å². The highest BCUT2D eigenvalue weighted by atomic mass is 19.1. The molecule has 0 atom stereocenters. The predicted molar refractivity (Wildman–Crippen MR) is 70.9 cm³/mol. The second-order valence-electron chi connectivity index (χ2n) is 4.74. The number of aryl methyl sites for hydroxylation is 1. The average Bonchev–Trinajstić information content (AvgIpc) is 2.71. The zero-order valence-corrected chi connectivity index (χ0v) is 11.1. The quantitative estimate of drug-likeness (QED) is 0.797. The summed E-state index contributed by atoms with van der Waals surface area (Å²) in [5, 5.41) is 0. The van der Waals surface area contributed by atoms with Gasteiger partial charge < -0.3 is 0 Å². The lowest BCUT2D eigenvalue weighted by Gasteiger charge is -2.17. The molecule has 4 nitrogen and oxygen atoms in total. The number of fused-ring (bicyclic) bond motifs is 1. The zero-order chi connectivity index (χ0) is 15.1. The molecule has 1 aromatic carbocycles. The molecular formula is C15H10F2N2O2. The summed E-state index contributed by atoms with van der Waals surface area (Å²) in [6.07, 6.45) is 1.54. The van der Waals surface area contributed by atoms with Gasteiger partial charge in [0.15, 0.2) is 0 Å². The molecule has 0 fully saturated rings. The normalized spacial score (nSPS) is 13.8. The van der Waals surface area contributed by atoms with Crippen LogP contribution in [-0.2, 0) is 11.3 Å². The Morgan fingerprint density at radius 3 is 2.57 bits per heavy atom. The van der Waals surface area contributed by atoms with E-state index in [-0.39, 0.29) is 12.2 Å². The zero-order valence-electron chi connectivity index (χ0n) is 11.1. The molecule has 1 aliphatic rings. The molecule has 0 bridgehead atoms. The maximum Gasteiger partial charge on any atom is 0.300 e. The smallest absolute Gasteiger partial charge is 0.296 e. The molecule has 2 aromatic rings. The first-order valence-electron chi connectivity index (χ1n) is 6.25. The Kier molecular flexibility index (Phi) is 3.01. The van der Waals surface area contributed by atoms with Crippen LogP contribution in [0.2, 0.25) is 0 Å². The molecule has 0 N–H and O–H groups in total. The third-order valence-corrected chi connectivity index (χ3v) is 3.44. The Morgan fingerprint density at radius 1 is 1.14 bits per heavy atom. The molecule has 1 aromatic heterocycles. The molecular weight excluding hydrogens is 278 g/mol. The van der Waals surface area contributed by atoms with Crippen molar-refractivity contribution in [3.63, 3.8) is 0 Å². The van der Waals surface area contributed by atoms with Crippen LogP contribution in [0.25, 0.3) is 0 Å². The first-order valence-corrected chi connectivity index (χ1v) is 6.25. The third-order valence-electron chi connectivity index (χ3n) is 3.44. The van der Waals surface area contributed by atoms with Gasteiger partial charge in [0.2, 0.25) is 0 Å². The second kappa shape index (κ2) is 4.73.